The summed E-state index contributed by atoms with van der Waals surface area (Å²) in [6, 6.07) is 21.4. The van der Waals surface area contributed by atoms with E-state index >= 15 is 0 Å². The summed E-state index contributed by atoms with van der Waals surface area (Å²) in [6.07, 6.45) is 6.98. The third-order valence-corrected chi connectivity index (χ3v) is 9.56. The molecule has 0 bridgehead atoms. The van der Waals surface area contributed by atoms with Crippen molar-refractivity contribution >= 4 is 21.3 Å². The highest BCUT2D eigenvalue weighted by Crippen LogP contribution is 2.49. The van der Waals surface area contributed by atoms with Gasteiger partial charge in [-0.05, 0) is 102 Å². The van der Waals surface area contributed by atoms with E-state index in [1.54, 1.807) is 36.4 Å². The molecule has 3 aliphatic rings. The summed E-state index contributed by atoms with van der Waals surface area (Å²) in [7, 11) is -4.64. The average molecular weight is 619 g/mol. The van der Waals surface area contributed by atoms with Gasteiger partial charge in [0.25, 0.3) is 10.1 Å². The minimum atomic E-state index is -4.64. The van der Waals surface area contributed by atoms with Crippen LogP contribution in [0.5, 0.6) is 17.2 Å². The van der Waals surface area contributed by atoms with E-state index in [0.717, 1.165) is 55.2 Å². The van der Waals surface area contributed by atoms with Crippen molar-refractivity contribution in [1.82, 2.24) is 0 Å². The maximum Gasteiger partial charge on any atom is 0.291 e. The lowest BCUT2D eigenvalue weighted by atomic mass is 9.74. The van der Waals surface area contributed by atoms with Gasteiger partial charge in [-0.3, -0.25) is 4.55 Å². The van der Waals surface area contributed by atoms with Crippen molar-refractivity contribution < 1.29 is 37.0 Å². The number of aromatic hydroxyl groups is 1. The summed E-state index contributed by atoms with van der Waals surface area (Å²) in [5.74, 6) is 0.364. The zero-order valence-electron chi connectivity index (χ0n) is 24.7. The van der Waals surface area contributed by atoms with Gasteiger partial charge < -0.3 is 24.1 Å². The first kappa shape index (κ1) is 30.4. The van der Waals surface area contributed by atoms with E-state index in [-0.39, 0.29) is 29.2 Å². The van der Waals surface area contributed by atoms with Crippen LogP contribution in [0.4, 0.5) is 0 Å². The molecule has 3 aromatic carbocycles. The lowest BCUT2D eigenvalue weighted by Crippen LogP contribution is -2.25. The second kappa shape index (κ2) is 13.2. The van der Waals surface area contributed by atoms with Crippen LogP contribution in [0, 0.1) is 5.92 Å². The average Bonchev–Trinajstić information content (AvgIpc) is 3.03. The number of allylic oxidation sites excluding steroid dienone is 4. The zero-order chi connectivity index (χ0) is 30.7. The molecule has 3 aromatic rings. The number of phenolic OH excluding ortho intramolecular Hbond substituents is 1. The Morgan fingerprint density at radius 1 is 0.727 bits per heavy atom. The molecule has 0 amide bonds. The normalized spacial score (nSPS) is 24.5. The molecule has 2 fully saturated rings. The predicted octanol–water partition coefficient (Wildman–Crippen LogP) is 7.32. The third-order valence-electron chi connectivity index (χ3n) is 8.53. The maximum atomic E-state index is 13.2. The largest absolute Gasteiger partial charge is 0.508 e. The van der Waals surface area contributed by atoms with Crippen molar-refractivity contribution in [2.45, 2.75) is 63.9 Å². The molecule has 2 aliphatic heterocycles. The SMILES string of the molecule is CC1C(c2ccc(O)cc2)=CC(c2ccc(OC3CCCCO3)cc2)=C(S(=O)(=O)O)C1c1ccc(OC2CCCCO2)cc1. The standard InChI is InChI=1S/C35H38O8S/c1-23-30(24-8-14-27(36)15-9-24)22-31(25-10-16-28(17-11-25)42-32-6-2-4-20-40-32)35(44(37,38)39)34(23)26-12-18-29(19-13-26)43-33-7-3-5-21-41-33/h8-19,22-23,32-34,36H,2-7,20-21H2,1H3,(H,37,38,39). The predicted molar refractivity (Wildman–Crippen MR) is 168 cm³/mol. The van der Waals surface area contributed by atoms with Crippen molar-refractivity contribution in [1.29, 1.82) is 0 Å². The quantitative estimate of drug-likeness (QED) is 0.253. The lowest BCUT2D eigenvalue weighted by molar-refractivity contribution is -0.106. The fourth-order valence-corrected chi connectivity index (χ4v) is 7.39. The van der Waals surface area contributed by atoms with E-state index in [2.05, 4.69) is 0 Å². The van der Waals surface area contributed by atoms with Crippen LogP contribution in [-0.2, 0) is 19.6 Å². The smallest absolute Gasteiger partial charge is 0.291 e. The highest BCUT2D eigenvalue weighted by Gasteiger charge is 2.39. The monoisotopic (exact) mass is 618 g/mol. The van der Waals surface area contributed by atoms with E-state index in [0.29, 0.717) is 35.8 Å². The minimum Gasteiger partial charge on any atom is -0.508 e. The summed E-state index contributed by atoms with van der Waals surface area (Å²) in [6.45, 7) is 3.29. The van der Waals surface area contributed by atoms with Gasteiger partial charge in [0, 0.05) is 18.8 Å². The Morgan fingerprint density at radius 2 is 1.25 bits per heavy atom. The van der Waals surface area contributed by atoms with Crippen molar-refractivity contribution in [3.63, 3.8) is 0 Å². The number of ether oxygens (including phenoxy) is 4. The van der Waals surface area contributed by atoms with Gasteiger partial charge in [-0.2, -0.15) is 8.42 Å². The number of benzene rings is 3. The molecule has 2 N–H and O–H groups in total. The van der Waals surface area contributed by atoms with Gasteiger partial charge in [-0.25, -0.2) is 0 Å². The Bertz CT molecular complexity index is 1600. The van der Waals surface area contributed by atoms with Crippen LogP contribution in [-0.4, -0.2) is 43.9 Å². The van der Waals surface area contributed by atoms with Crippen molar-refractivity contribution in [3.05, 3.63) is 100 Å². The van der Waals surface area contributed by atoms with Gasteiger partial charge in [0.2, 0.25) is 0 Å². The van der Waals surface area contributed by atoms with Gasteiger partial charge in [-0.15, -0.1) is 0 Å². The molecule has 4 unspecified atom stereocenters. The van der Waals surface area contributed by atoms with Crippen LogP contribution in [0.2, 0.25) is 0 Å². The number of hydrogen-bond donors (Lipinski definition) is 2. The number of phenols is 1. The van der Waals surface area contributed by atoms with Gasteiger partial charge in [0.1, 0.15) is 17.2 Å². The second-order valence-corrected chi connectivity index (χ2v) is 13.0. The molecule has 0 aromatic heterocycles. The summed E-state index contributed by atoms with van der Waals surface area (Å²) < 4.78 is 60.6. The first-order valence-electron chi connectivity index (χ1n) is 15.3. The van der Waals surface area contributed by atoms with Crippen LogP contribution >= 0.6 is 0 Å². The Labute approximate surface area is 258 Å². The summed E-state index contributed by atoms with van der Waals surface area (Å²) >= 11 is 0. The first-order valence-corrected chi connectivity index (χ1v) is 16.7. The van der Waals surface area contributed by atoms with Crippen LogP contribution in [0.1, 0.15) is 68.1 Å². The fourth-order valence-electron chi connectivity index (χ4n) is 6.28. The molecule has 2 saturated heterocycles. The molecular formula is C35H38O8S. The van der Waals surface area contributed by atoms with Crippen LogP contribution < -0.4 is 9.47 Å². The van der Waals surface area contributed by atoms with E-state index in [1.165, 1.54) is 0 Å². The second-order valence-electron chi connectivity index (χ2n) is 11.6. The minimum absolute atomic E-state index is 0.0684. The van der Waals surface area contributed by atoms with E-state index in [4.69, 9.17) is 18.9 Å². The first-order chi connectivity index (χ1) is 21.3. The molecule has 0 saturated carbocycles. The highest BCUT2D eigenvalue weighted by molar-refractivity contribution is 7.90. The zero-order valence-corrected chi connectivity index (χ0v) is 25.5. The number of hydrogen-bond acceptors (Lipinski definition) is 7. The summed E-state index contributed by atoms with van der Waals surface area (Å²) in [5, 5.41) is 9.93. The Kier molecular flexibility index (Phi) is 9.09. The van der Waals surface area contributed by atoms with E-state index < -0.39 is 16.0 Å². The van der Waals surface area contributed by atoms with Gasteiger partial charge in [0.15, 0.2) is 12.6 Å². The Hall–Kier alpha value is -3.63. The lowest BCUT2D eigenvalue weighted by Gasteiger charge is -2.34. The fraction of sp³-hybridized carbons (Fsp3) is 0.371. The van der Waals surface area contributed by atoms with E-state index in [1.807, 2.05) is 49.4 Å². The Morgan fingerprint density at radius 3 is 1.75 bits per heavy atom. The molecule has 6 rings (SSSR count). The number of rotatable bonds is 8. The van der Waals surface area contributed by atoms with Gasteiger partial charge in [0.05, 0.1) is 18.1 Å². The van der Waals surface area contributed by atoms with Crippen LogP contribution in [0.15, 0.2) is 83.8 Å². The summed E-state index contributed by atoms with van der Waals surface area (Å²) in [5.41, 5.74) is 3.46. The molecule has 1 aliphatic carbocycles. The van der Waals surface area contributed by atoms with Gasteiger partial charge >= 0.3 is 0 Å². The summed E-state index contributed by atoms with van der Waals surface area (Å²) in [4.78, 5) is -0.0684. The molecule has 44 heavy (non-hydrogen) atoms. The molecule has 8 nitrogen and oxygen atoms in total. The highest BCUT2D eigenvalue weighted by atomic mass is 32.2. The molecule has 0 radical (unpaired) electrons. The Balaban J connectivity index is 1.40. The van der Waals surface area contributed by atoms with Gasteiger partial charge in [-0.1, -0.05) is 43.3 Å². The molecule has 0 spiro atoms. The van der Waals surface area contributed by atoms with Crippen LogP contribution in [0.25, 0.3) is 11.1 Å². The van der Waals surface area contributed by atoms with E-state index in [9.17, 15) is 18.1 Å². The molecule has 2 heterocycles. The topological polar surface area (TPSA) is 112 Å². The van der Waals surface area contributed by atoms with Crippen LogP contribution in [0.3, 0.4) is 0 Å². The molecule has 4 atom stereocenters. The van der Waals surface area contributed by atoms with Crippen molar-refractivity contribution in [2.75, 3.05) is 13.2 Å². The molecular weight excluding hydrogens is 580 g/mol. The molecule has 9 heteroatoms. The molecule has 232 valence electrons. The van der Waals surface area contributed by atoms with Crippen molar-refractivity contribution in [2.24, 2.45) is 5.92 Å². The van der Waals surface area contributed by atoms with Crippen molar-refractivity contribution in [3.8, 4) is 17.2 Å². The maximum absolute atomic E-state index is 13.2. The third kappa shape index (κ3) is 6.86.